The maximum absolute atomic E-state index is 5.42. The Bertz CT molecular complexity index is 367. The Kier molecular flexibility index (Phi) is 3.90. The summed E-state index contributed by atoms with van der Waals surface area (Å²) >= 11 is 0. The van der Waals surface area contributed by atoms with Gasteiger partial charge in [0.2, 0.25) is 0 Å². The maximum Gasteiger partial charge on any atom is 0.133 e. The van der Waals surface area contributed by atoms with Crippen molar-refractivity contribution in [3.05, 3.63) is 12.2 Å². The summed E-state index contributed by atoms with van der Waals surface area (Å²) in [5.74, 6) is 1.89. The summed E-state index contributed by atoms with van der Waals surface area (Å²) in [5, 5.41) is 11.9. The van der Waals surface area contributed by atoms with E-state index in [1.54, 1.807) is 0 Å². The van der Waals surface area contributed by atoms with Crippen LogP contribution in [0.3, 0.4) is 0 Å². The lowest BCUT2D eigenvalue weighted by Crippen LogP contribution is -2.32. The normalized spacial score (nSPS) is 26.3. The van der Waals surface area contributed by atoms with Gasteiger partial charge in [0, 0.05) is 25.7 Å². The molecule has 1 aromatic heterocycles. The molecule has 0 saturated carbocycles. The quantitative estimate of drug-likeness (QED) is 0.875. The van der Waals surface area contributed by atoms with Crippen LogP contribution in [0.5, 0.6) is 0 Å². The monoisotopic (exact) mass is 250 g/mol. The standard InChI is InChI=1S/C13H22N4O/c1-2-11(9-14-5-1)8-13-16-15-10-17(13)12-3-6-18-7-4-12/h10-12,14H,1-9H2. The van der Waals surface area contributed by atoms with Crippen molar-refractivity contribution in [3.63, 3.8) is 0 Å². The fourth-order valence-electron chi connectivity index (χ4n) is 3.04. The van der Waals surface area contributed by atoms with E-state index >= 15 is 0 Å². The Morgan fingerprint density at radius 3 is 3.00 bits per heavy atom. The molecule has 0 radical (unpaired) electrons. The third kappa shape index (κ3) is 2.72. The number of rotatable bonds is 3. The molecule has 5 nitrogen and oxygen atoms in total. The first kappa shape index (κ1) is 12.1. The summed E-state index contributed by atoms with van der Waals surface area (Å²) in [4.78, 5) is 0. The van der Waals surface area contributed by atoms with Gasteiger partial charge in [-0.25, -0.2) is 0 Å². The second kappa shape index (κ2) is 5.80. The average molecular weight is 250 g/mol. The van der Waals surface area contributed by atoms with Gasteiger partial charge in [-0.05, 0) is 44.7 Å². The molecule has 1 N–H and O–H groups in total. The molecule has 1 unspecified atom stereocenters. The molecule has 0 aromatic carbocycles. The molecule has 100 valence electrons. The molecule has 5 heteroatoms. The Morgan fingerprint density at radius 2 is 2.22 bits per heavy atom. The Morgan fingerprint density at radius 1 is 1.33 bits per heavy atom. The summed E-state index contributed by atoms with van der Waals surface area (Å²) in [5.41, 5.74) is 0. The van der Waals surface area contributed by atoms with Crippen molar-refractivity contribution in [2.24, 2.45) is 5.92 Å². The van der Waals surface area contributed by atoms with Crippen molar-refractivity contribution >= 4 is 0 Å². The Hall–Kier alpha value is -0.940. The van der Waals surface area contributed by atoms with Crippen LogP contribution in [0.25, 0.3) is 0 Å². The number of nitrogens with one attached hydrogen (secondary N) is 1. The Labute approximate surface area is 108 Å². The van der Waals surface area contributed by atoms with Crippen molar-refractivity contribution < 1.29 is 4.74 Å². The van der Waals surface area contributed by atoms with Crippen molar-refractivity contribution in [1.29, 1.82) is 0 Å². The number of piperidine rings is 1. The fourth-order valence-corrected chi connectivity index (χ4v) is 3.04. The van der Waals surface area contributed by atoms with Crippen LogP contribution in [0, 0.1) is 5.92 Å². The molecule has 2 aliphatic rings. The average Bonchev–Trinajstić information content (AvgIpc) is 2.89. The van der Waals surface area contributed by atoms with E-state index in [0.717, 1.165) is 50.8 Å². The largest absolute Gasteiger partial charge is 0.381 e. The SMILES string of the molecule is c1nnc(CC2CCCNC2)n1C1CCOCC1. The predicted octanol–water partition coefficient (Wildman–Crippen LogP) is 1.17. The van der Waals surface area contributed by atoms with Crippen LogP contribution in [-0.2, 0) is 11.2 Å². The van der Waals surface area contributed by atoms with Crippen molar-refractivity contribution in [2.75, 3.05) is 26.3 Å². The minimum absolute atomic E-state index is 0.542. The minimum Gasteiger partial charge on any atom is -0.381 e. The highest BCUT2D eigenvalue weighted by atomic mass is 16.5. The summed E-state index contributed by atoms with van der Waals surface area (Å²) in [6.45, 7) is 4.03. The van der Waals surface area contributed by atoms with E-state index in [-0.39, 0.29) is 0 Å². The van der Waals surface area contributed by atoms with E-state index in [0.29, 0.717) is 6.04 Å². The van der Waals surface area contributed by atoms with Gasteiger partial charge in [0.15, 0.2) is 0 Å². The van der Waals surface area contributed by atoms with Gasteiger partial charge in [0.25, 0.3) is 0 Å². The molecule has 1 aromatic rings. The molecule has 0 aliphatic carbocycles. The van der Waals surface area contributed by atoms with E-state index in [2.05, 4.69) is 20.1 Å². The maximum atomic E-state index is 5.42. The third-order valence-electron chi connectivity index (χ3n) is 4.10. The molecular formula is C13H22N4O. The lowest BCUT2D eigenvalue weighted by Gasteiger charge is -2.26. The number of aromatic nitrogens is 3. The third-order valence-corrected chi connectivity index (χ3v) is 4.10. The smallest absolute Gasteiger partial charge is 0.133 e. The van der Waals surface area contributed by atoms with Crippen molar-refractivity contribution in [2.45, 2.75) is 38.1 Å². The van der Waals surface area contributed by atoms with Crippen LogP contribution >= 0.6 is 0 Å². The fraction of sp³-hybridized carbons (Fsp3) is 0.846. The predicted molar refractivity (Wildman–Crippen MR) is 68.4 cm³/mol. The van der Waals surface area contributed by atoms with Gasteiger partial charge < -0.3 is 14.6 Å². The molecule has 0 bridgehead atoms. The minimum atomic E-state index is 0.542. The van der Waals surface area contributed by atoms with Crippen LogP contribution in [0.4, 0.5) is 0 Å². The highest BCUT2D eigenvalue weighted by Crippen LogP contribution is 2.23. The second-order valence-corrected chi connectivity index (χ2v) is 5.41. The summed E-state index contributed by atoms with van der Waals surface area (Å²) in [6, 6.07) is 0.542. The summed E-state index contributed by atoms with van der Waals surface area (Å²) in [6.07, 6.45) is 7.75. The molecule has 2 aliphatic heterocycles. The van der Waals surface area contributed by atoms with E-state index in [4.69, 9.17) is 4.74 Å². The number of nitrogens with zero attached hydrogens (tertiary/aromatic N) is 3. The molecule has 2 fully saturated rings. The lowest BCUT2D eigenvalue weighted by molar-refractivity contribution is 0.0685. The van der Waals surface area contributed by atoms with Gasteiger partial charge in [0.05, 0.1) is 0 Å². The molecule has 2 saturated heterocycles. The topological polar surface area (TPSA) is 52.0 Å². The van der Waals surface area contributed by atoms with Crippen molar-refractivity contribution in [1.82, 2.24) is 20.1 Å². The second-order valence-electron chi connectivity index (χ2n) is 5.41. The first-order chi connectivity index (χ1) is 8.93. The zero-order chi connectivity index (χ0) is 12.2. The van der Waals surface area contributed by atoms with E-state index in [1.807, 2.05) is 6.33 Å². The van der Waals surface area contributed by atoms with E-state index < -0.39 is 0 Å². The number of hydrogen-bond acceptors (Lipinski definition) is 4. The lowest BCUT2D eigenvalue weighted by atomic mass is 9.95. The van der Waals surface area contributed by atoms with E-state index in [9.17, 15) is 0 Å². The summed E-state index contributed by atoms with van der Waals surface area (Å²) in [7, 11) is 0. The molecule has 0 amide bonds. The van der Waals surface area contributed by atoms with Crippen LogP contribution in [0.15, 0.2) is 6.33 Å². The van der Waals surface area contributed by atoms with Gasteiger partial charge in [-0.1, -0.05) is 0 Å². The van der Waals surface area contributed by atoms with Gasteiger partial charge in [0.1, 0.15) is 12.2 Å². The zero-order valence-electron chi connectivity index (χ0n) is 10.8. The van der Waals surface area contributed by atoms with Crippen LogP contribution in [-0.4, -0.2) is 41.1 Å². The van der Waals surface area contributed by atoms with Gasteiger partial charge in [-0.2, -0.15) is 0 Å². The molecule has 3 heterocycles. The molecule has 18 heavy (non-hydrogen) atoms. The molecule has 0 spiro atoms. The molecular weight excluding hydrogens is 228 g/mol. The van der Waals surface area contributed by atoms with Crippen molar-refractivity contribution in [3.8, 4) is 0 Å². The van der Waals surface area contributed by atoms with Gasteiger partial charge in [-0.3, -0.25) is 0 Å². The first-order valence-corrected chi connectivity index (χ1v) is 7.10. The molecule has 3 rings (SSSR count). The zero-order valence-corrected chi connectivity index (χ0v) is 10.8. The van der Waals surface area contributed by atoms with E-state index in [1.165, 1.54) is 19.4 Å². The Balaban J connectivity index is 1.66. The van der Waals surface area contributed by atoms with Crippen LogP contribution < -0.4 is 5.32 Å². The number of ether oxygens (including phenoxy) is 1. The molecule has 1 atom stereocenters. The first-order valence-electron chi connectivity index (χ1n) is 7.10. The van der Waals surface area contributed by atoms with Gasteiger partial charge in [-0.15, -0.1) is 10.2 Å². The van der Waals surface area contributed by atoms with Gasteiger partial charge >= 0.3 is 0 Å². The van der Waals surface area contributed by atoms with Crippen LogP contribution in [0.2, 0.25) is 0 Å². The highest BCUT2D eigenvalue weighted by Gasteiger charge is 2.21. The number of hydrogen-bond donors (Lipinski definition) is 1. The summed E-state index contributed by atoms with van der Waals surface area (Å²) < 4.78 is 7.71. The van der Waals surface area contributed by atoms with Crippen LogP contribution in [0.1, 0.15) is 37.5 Å². The highest BCUT2D eigenvalue weighted by molar-refractivity contribution is 4.93.